The molecule has 2 N–H and O–H groups in total. The summed E-state index contributed by atoms with van der Waals surface area (Å²) >= 11 is 6.12. The minimum atomic E-state index is -0.278. The van der Waals surface area contributed by atoms with Crippen molar-refractivity contribution in [3.63, 3.8) is 0 Å². The molecule has 0 bridgehead atoms. The maximum Gasteiger partial charge on any atom is 0.138 e. The summed E-state index contributed by atoms with van der Waals surface area (Å²) in [5.41, 5.74) is 7.48. The highest BCUT2D eigenvalue weighted by Gasteiger charge is 2.06. The SMILES string of the molecule is CC(N)c1ccc(OCc2cccc(F)c2)c(Cl)c1. The van der Waals surface area contributed by atoms with Crippen LogP contribution in [0.4, 0.5) is 4.39 Å². The molecular formula is C15H15ClFNO. The molecule has 2 aromatic rings. The molecule has 0 aromatic heterocycles. The summed E-state index contributed by atoms with van der Waals surface area (Å²) in [4.78, 5) is 0. The van der Waals surface area contributed by atoms with Gasteiger partial charge in [0, 0.05) is 6.04 Å². The van der Waals surface area contributed by atoms with E-state index in [-0.39, 0.29) is 18.5 Å². The molecule has 0 radical (unpaired) electrons. The molecule has 1 unspecified atom stereocenters. The zero-order valence-corrected chi connectivity index (χ0v) is 11.3. The van der Waals surface area contributed by atoms with Crippen molar-refractivity contribution in [2.24, 2.45) is 5.73 Å². The molecule has 0 amide bonds. The second-order valence-corrected chi connectivity index (χ2v) is 4.80. The third kappa shape index (κ3) is 3.69. The Balaban J connectivity index is 2.07. The number of rotatable bonds is 4. The van der Waals surface area contributed by atoms with Crippen molar-refractivity contribution in [2.75, 3.05) is 0 Å². The quantitative estimate of drug-likeness (QED) is 0.915. The van der Waals surface area contributed by atoms with E-state index in [0.29, 0.717) is 10.8 Å². The molecule has 0 aliphatic heterocycles. The highest BCUT2D eigenvalue weighted by Crippen LogP contribution is 2.28. The topological polar surface area (TPSA) is 35.2 Å². The van der Waals surface area contributed by atoms with Crippen LogP contribution in [0.2, 0.25) is 5.02 Å². The Labute approximate surface area is 117 Å². The van der Waals surface area contributed by atoms with Crippen molar-refractivity contribution in [1.29, 1.82) is 0 Å². The van der Waals surface area contributed by atoms with Gasteiger partial charge in [0.15, 0.2) is 0 Å². The van der Waals surface area contributed by atoms with Gasteiger partial charge in [-0.05, 0) is 42.3 Å². The molecule has 100 valence electrons. The van der Waals surface area contributed by atoms with Crippen LogP contribution in [-0.2, 0) is 6.61 Å². The molecule has 0 aliphatic carbocycles. The van der Waals surface area contributed by atoms with Crippen LogP contribution in [0.15, 0.2) is 42.5 Å². The number of hydrogen-bond donors (Lipinski definition) is 1. The van der Waals surface area contributed by atoms with Gasteiger partial charge in [0.05, 0.1) is 5.02 Å². The van der Waals surface area contributed by atoms with Crippen molar-refractivity contribution in [2.45, 2.75) is 19.6 Å². The van der Waals surface area contributed by atoms with Gasteiger partial charge in [-0.2, -0.15) is 0 Å². The first-order chi connectivity index (χ1) is 9.06. The Morgan fingerprint density at radius 2 is 2.05 bits per heavy atom. The van der Waals surface area contributed by atoms with E-state index < -0.39 is 0 Å². The summed E-state index contributed by atoms with van der Waals surface area (Å²) in [5, 5.41) is 0.506. The van der Waals surface area contributed by atoms with Crippen LogP contribution in [0.1, 0.15) is 24.1 Å². The van der Waals surface area contributed by atoms with Gasteiger partial charge in [-0.3, -0.25) is 0 Å². The van der Waals surface area contributed by atoms with E-state index in [1.54, 1.807) is 24.3 Å². The van der Waals surface area contributed by atoms with Crippen LogP contribution in [0, 0.1) is 5.82 Å². The molecule has 4 heteroatoms. The molecule has 0 fully saturated rings. The predicted octanol–water partition coefficient (Wildman–Crippen LogP) is 4.08. The van der Waals surface area contributed by atoms with Crippen LogP contribution in [-0.4, -0.2) is 0 Å². The third-order valence-electron chi connectivity index (χ3n) is 2.77. The van der Waals surface area contributed by atoms with Gasteiger partial charge in [-0.25, -0.2) is 4.39 Å². The number of ether oxygens (including phenoxy) is 1. The fraction of sp³-hybridized carbons (Fsp3) is 0.200. The van der Waals surface area contributed by atoms with Gasteiger partial charge in [0.25, 0.3) is 0 Å². The summed E-state index contributed by atoms with van der Waals surface area (Å²) in [7, 11) is 0. The van der Waals surface area contributed by atoms with Gasteiger partial charge < -0.3 is 10.5 Å². The molecule has 2 aromatic carbocycles. The first kappa shape index (κ1) is 13.8. The average Bonchev–Trinajstić information content (AvgIpc) is 2.37. The molecule has 0 aliphatic rings. The zero-order valence-electron chi connectivity index (χ0n) is 10.6. The number of hydrogen-bond acceptors (Lipinski definition) is 2. The van der Waals surface area contributed by atoms with Gasteiger partial charge in [0.1, 0.15) is 18.2 Å². The number of benzene rings is 2. The monoisotopic (exact) mass is 279 g/mol. The average molecular weight is 280 g/mol. The highest BCUT2D eigenvalue weighted by atomic mass is 35.5. The lowest BCUT2D eigenvalue weighted by Gasteiger charge is -2.11. The molecule has 1 atom stereocenters. The number of halogens is 2. The van der Waals surface area contributed by atoms with Gasteiger partial charge in [0.2, 0.25) is 0 Å². The second-order valence-electron chi connectivity index (χ2n) is 4.40. The van der Waals surface area contributed by atoms with Crippen molar-refractivity contribution in [1.82, 2.24) is 0 Å². The lowest BCUT2D eigenvalue weighted by molar-refractivity contribution is 0.305. The molecule has 2 nitrogen and oxygen atoms in total. The van der Waals surface area contributed by atoms with Crippen LogP contribution in [0.3, 0.4) is 0 Å². The van der Waals surface area contributed by atoms with Gasteiger partial charge in [-0.15, -0.1) is 0 Å². The minimum Gasteiger partial charge on any atom is -0.487 e. The van der Waals surface area contributed by atoms with E-state index >= 15 is 0 Å². The molecule has 0 heterocycles. The second kappa shape index (κ2) is 6.04. The highest BCUT2D eigenvalue weighted by molar-refractivity contribution is 6.32. The Morgan fingerprint density at radius 3 is 2.68 bits per heavy atom. The summed E-state index contributed by atoms with van der Waals surface area (Å²) in [5.74, 6) is 0.287. The predicted molar refractivity (Wildman–Crippen MR) is 74.8 cm³/mol. The van der Waals surface area contributed by atoms with Crippen LogP contribution >= 0.6 is 11.6 Å². The van der Waals surface area contributed by atoms with E-state index in [1.807, 2.05) is 13.0 Å². The van der Waals surface area contributed by atoms with E-state index in [0.717, 1.165) is 11.1 Å². The van der Waals surface area contributed by atoms with E-state index in [1.165, 1.54) is 12.1 Å². The fourth-order valence-electron chi connectivity index (χ4n) is 1.71. The molecular weight excluding hydrogens is 265 g/mol. The lowest BCUT2D eigenvalue weighted by Crippen LogP contribution is -2.05. The summed E-state index contributed by atoms with van der Waals surface area (Å²) < 4.78 is 18.6. The number of nitrogens with two attached hydrogens (primary N) is 1. The molecule has 0 saturated heterocycles. The van der Waals surface area contributed by atoms with Gasteiger partial charge >= 0.3 is 0 Å². The summed E-state index contributed by atoms with van der Waals surface area (Å²) in [6, 6.07) is 11.6. The summed E-state index contributed by atoms with van der Waals surface area (Å²) in [6.07, 6.45) is 0. The molecule has 0 saturated carbocycles. The van der Waals surface area contributed by atoms with Crippen molar-refractivity contribution in [3.05, 3.63) is 64.4 Å². The Kier molecular flexibility index (Phi) is 4.40. The minimum absolute atomic E-state index is 0.0743. The lowest BCUT2D eigenvalue weighted by atomic mass is 10.1. The van der Waals surface area contributed by atoms with Crippen LogP contribution < -0.4 is 10.5 Å². The maximum absolute atomic E-state index is 13.0. The Hall–Kier alpha value is -1.58. The first-order valence-corrected chi connectivity index (χ1v) is 6.36. The van der Waals surface area contributed by atoms with Gasteiger partial charge in [-0.1, -0.05) is 29.8 Å². The normalized spacial score (nSPS) is 12.2. The van der Waals surface area contributed by atoms with E-state index in [9.17, 15) is 4.39 Å². The van der Waals surface area contributed by atoms with Crippen molar-refractivity contribution < 1.29 is 9.13 Å². The standard InChI is InChI=1S/C15H15ClFNO/c1-10(18)12-5-6-15(14(16)8-12)19-9-11-3-2-4-13(17)7-11/h2-8,10H,9,18H2,1H3. The fourth-order valence-corrected chi connectivity index (χ4v) is 1.95. The van der Waals surface area contributed by atoms with E-state index in [4.69, 9.17) is 22.1 Å². The zero-order chi connectivity index (χ0) is 13.8. The smallest absolute Gasteiger partial charge is 0.138 e. The van der Waals surface area contributed by atoms with Crippen LogP contribution in [0.25, 0.3) is 0 Å². The first-order valence-electron chi connectivity index (χ1n) is 5.98. The molecule has 19 heavy (non-hydrogen) atoms. The molecule has 0 spiro atoms. The van der Waals surface area contributed by atoms with Crippen molar-refractivity contribution >= 4 is 11.6 Å². The molecule has 2 rings (SSSR count). The summed E-state index contributed by atoms with van der Waals surface area (Å²) in [6.45, 7) is 2.16. The maximum atomic E-state index is 13.0. The van der Waals surface area contributed by atoms with E-state index in [2.05, 4.69) is 0 Å². The third-order valence-corrected chi connectivity index (χ3v) is 3.06. The van der Waals surface area contributed by atoms with Crippen LogP contribution in [0.5, 0.6) is 5.75 Å². The Bertz CT molecular complexity index is 572. The Morgan fingerprint density at radius 1 is 1.26 bits per heavy atom. The largest absolute Gasteiger partial charge is 0.487 e. The van der Waals surface area contributed by atoms with Crippen molar-refractivity contribution in [3.8, 4) is 5.75 Å².